The van der Waals surface area contributed by atoms with Crippen LogP contribution in [0.5, 0.6) is 0 Å². The molecule has 31 heavy (non-hydrogen) atoms. The van der Waals surface area contributed by atoms with Crippen LogP contribution in [0.25, 0.3) is 0 Å². The highest BCUT2D eigenvalue weighted by Gasteiger charge is 2.63. The van der Waals surface area contributed by atoms with Crippen LogP contribution >= 0.6 is 0 Å². The Balaban J connectivity index is 1.65. The van der Waals surface area contributed by atoms with E-state index < -0.39 is 59.1 Å². The van der Waals surface area contributed by atoms with E-state index in [1.165, 1.54) is 15.9 Å². The summed E-state index contributed by atoms with van der Waals surface area (Å²) in [5, 5.41) is 8.96. The fraction of sp³-hybridized carbons (Fsp3) is 0.500. The van der Waals surface area contributed by atoms with Gasteiger partial charge in [0, 0.05) is 6.54 Å². The second kappa shape index (κ2) is 6.60. The molecule has 0 radical (unpaired) electrons. The first-order valence-corrected chi connectivity index (χ1v) is 9.60. The van der Waals surface area contributed by atoms with E-state index in [2.05, 4.69) is 0 Å². The fourth-order valence-electron chi connectivity index (χ4n) is 4.43. The van der Waals surface area contributed by atoms with Crippen LogP contribution in [0.4, 0.5) is 28.4 Å². The highest BCUT2D eigenvalue weighted by atomic mass is 19.4. The third-order valence-electron chi connectivity index (χ3n) is 5.58. The minimum atomic E-state index is -4.82. The molecule has 2 bridgehead atoms. The van der Waals surface area contributed by atoms with Gasteiger partial charge in [-0.15, -0.1) is 0 Å². The van der Waals surface area contributed by atoms with Crippen LogP contribution in [0.2, 0.25) is 0 Å². The van der Waals surface area contributed by atoms with Gasteiger partial charge in [-0.2, -0.15) is 18.4 Å². The Hall–Kier alpha value is -3.29. The zero-order valence-electron chi connectivity index (χ0n) is 16.9. The van der Waals surface area contributed by atoms with Crippen molar-refractivity contribution in [2.45, 2.75) is 57.1 Å². The van der Waals surface area contributed by atoms with Crippen molar-refractivity contribution in [2.75, 3.05) is 11.4 Å². The summed E-state index contributed by atoms with van der Waals surface area (Å²) in [7, 11) is 0. The number of piperazine rings is 1. The molecule has 164 valence electrons. The number of amides is 4. The summed E-state index contributed by atoms with van der Waals surface area (Å²) in [4.78, 5) is 42.0. The number of benzene rings is 1. The van der Waals surface area contributed by atoms with Crippen LogP contribution in [0.1, 0.15) is 38.3 Å². The van der Waals surface area contributed by atoms with Crippen molar-refractivity contribution in [1.29, 1.82) is 5.26 Å². The lowest BCUT2D eigenvalue weighted by Crippen LogP contribution is -2.55. The van der Waals surface area contributed by atoms with E-state index in [4.69, 9.17) is 10.00 Å². The summed E-state index contributed by atoms with van der Waals surface area (Å²) >= 11 is 0. The lowest BCUT2D eigenvalue weighted by molar-refractivity contribution is -0.137. The van der Waals surface area contributed by atoms with Crippen molar-refractivity contribution in [2.24, 2.45) is 0 Å². The first-order chi connectivity index (χ1) is 14.3. The topological polar surface area (TPSA) is 94.0 Å². The van der Waals surface area contributed by atoms with Gasteiger partial charge < -0.3 is 14.5 Å². The second-order valence-corrected chi connectivity index (χ2v) is 8.74. The van der Waals surface area contributed by atoms with Gasteiger partial charge in [-0.1, -0.05) is 0 Å². The highest BCUT2D eigenvalue weighted by molar-refractivity contribution is 6.22. The smallest absolute Gasteiger partial charge is 0.417 e. The number of hydrogen-bond donors (Lipinski definition) is 0. The molecule has 0 aliphatic carbocycles. The lowest BCUT2D eigenvalue weighted by atomic mass is 10.1. The van der Waals surface area contributed by atoms with E-state index in [0.717, 1.165) is 12.1 Å². The summed E-state index contributed by atoms with van der Waals surface area (Å²) in [6, 6.07) is 1.42. The van der Waals surface area contributed by atoms with Crippen molar-refractivity contribution in [3.8, 4) is 6.07 Å². The number of hydrogen-bond acceptors (Lipinski definition) is 5. The van der Waals surface area contributed by atoms with Crippen molar-refractivity contribution in [3.05, 3.63) is 29.3 Å². The van der Waals surface area contributed by atoms with Gasteiger partial charge in [0.25, 0.3) is 5.91 Å². The van der Waals surface area contributed by atoms with Crippen molar-refractivity contribution in [3.63, 3.8) is 0 Å². The Morgan fingerprint density at radius 2 is 1.90 bits per heavy atom. The molecule has 3 aliphatic rings. The number of imide groups is 1. The van der Waals surface area contributed by atoms with Gasteiger partial charge in [-0.25, -0.2) is 14.5 Å². The predicted molar refractivity (Wildman–Crippen MR) is 99.8 cm³/mol. The minimum absolute atomic E-state index is 0.185. The van der Waals surface area contributed by atoms with E-state index >= 15 is 0 Å². The molecule has 4 amide bonds. The zero-order valence-corrected chi connectivity index (χ0v) is 16.9. The number of anilines is 1. The van der Waals surface area contributed by atoms with Gasteiger partial charge >= 0.3 is 18.3 Å². The number of rotatable bonds is 1. The summed E-state index contributed by atoms with van der Waals surface area (Å²) in [6.45, 7) is 5.31. The number of halogens is 3. The number of carbonyl (C=O) groups excluding carboxylic acids is 3. The second-order valence-electron chi connectivity index (χ2n) is 8.74. The summed E-state index contributed by atoms with van der Waals surface area (Å²) in [6.07, 6.45) is -5.03. The Kier molecular flexibility index (Phi) is 4.46. The molecule has 3 heterocycles. The van der Waals surface area contributed by atoms with Gasteiger partial charge in [-0.05, 0) is 45.4 Å². The van der Waals surface area contributed by atoms with Gasteiger partial charge in [0.05, 0.1) is 35.0 Å². The maximum atomic E-state index is 13.3. The number of carbonyl (C=O) groups is 3. The van der Waals surface area contributed by atoms with Crippen LogP contribution in [-0.4, -0.2) is 58.1 Å². The molecular weight excluding hydrogens is 417 g/mol. The summed E-state index contributed by atoms with van der Waals surface area (Å²) < 4.78 is 45.4. The standard InChI is InChI=1S/C20H19F3N4O4/c1-19(2,3)31-18(30)25-9-12-7-14(25)15-16(28)27(17(29)26(12)15)11-5-4-10(8-24)13(6-11)20(21,22)23/h4-6,12,14-15H,7,9H2,1-3H3/t12-,14-,15+/m0/s1. The third-order valence-corrected chi connectivity index (χ3v) is 5.58. The number of alkyl halides is 3. The molecule has 4 rings (SSSR count). The molecule has 3 fully saturated rings. The van der Waals surface area contributed by atoms with Crippen LogP contribution in [-0.2, 0) is 15.7 Å². The van der Waals surface area contributed by atoms with Crippen molar-refractivity contribution < 1.29 is 32.3 Å². The molecule has 1 aromatic rings. The monoisotopic (exact) mass is 436 g/mol. The van der Waals surface area contributed by atoms with E-state index in [0.29, 0.717) is 17.4 Å². The molecular formula is C20H19F3N4O4. The first-order valence-electron chi connectivity index (χ1n) is 9.60. The van der Waals surface area contributed by atoms with E-state index in [-0.39, 0.29) is 12.2 Å². The first kappa shape index (κ1) is 21.0. The molecule has 3 saturated heterocycles. The van der Waals surface area contributed by atoms with Gasteiger partial charge in [0.15, 0.2) is 0 Å². The van der Waals surface area contributed by atoms with Crippen LogP contribution in [0.3, 0.4) is 0 Å². The van der Waals surface area contributed by atoms with Crippen LogP contribution in [0.15, 0.2) is 18.2 Å². The molecule has 11 heteroatoms. The largest absolute Gasteiger partial charge is 0.444 e. The van der Waals surface area contributed by atoms with Crippen LogP contribution < -0.4 is 4.90 Å². The third kappa shape index (κ3) is 3.26. The molecule has 0 spiro atoms. The van der Waals surface area contributed by atoms with E-state index in [1.807, 2.05) is 0 Å². The van der Waals surface area contributed by atoms with Gasteiger partial charge in [-0.3, -0.25) is 4.79 Å². The number of nitriles is 1. The molecule has 0 unspecified atom stereocenters. The van der Waals surface area contributed by atoms with Gasteiger partial charge in [0.1, 0.15) is 11.6 Å². The average Bonchev–Trinajstić information content (AvgIpc) is 3.31. The van der Waals surface area contributed by atoms with E-state index in [1.54, 1.807) is 20.8 Å². The highest BCUT2D eigenvalue weighted by Crippen LogP contribution is 2.43. The molecule has 0 aromatic heterocycles. The van der Waals surface area contributed by atoms with Crippen molar-refractivity contribution >= 4 is 23.7 Å². The maximum Gasteiger partial charge on any atom is 0.417 e. The Labute approximate surface area is 175 Å². The van der Waals surface area contributed by atoms with Crippen molar-refractivity contribution in [1.82, 2.24) is 9.80 Å². The Morgan fingerprint density at radius 1 is 1.23 bits per heavy atom. The lowest BCUT2D eigenvalue weighted by Gasteiger charge is -2.35. The zero-order chi connectivity index (χ0) is 22.9. The molecule has 0 saturated carbocycles. The maximum absolute atomic E-state index is 13.3. The quantitative estimate of drug-likeness (QED) is 0.631. The molecule has 0 N–H and O–H groups in total. The molecule has 1 aromatic carbocycles. The number of fused-ring (bicyclic) bond motifs is 5. The summed E-state index contributed by atoms with van der Waals surface area (Å²) in [5.74, 6) is -0.705. The average molecular weight is 436 g/mol. The van der Waals surface area contributed by atoms with Gasteiger partial charge in [0.2, 0.25) is 0 Å². The number of likely N-dealkylation sites (tertiary alicyclic amines) is 1. The Bertz CT molecular complexity index is 1030. The SMILES string of the molecule is CC(C)(C)OC(=O)N1C[C@@H]2C[C@H]1[C@@H]1C(=O)N(c3ccc(C#N)c(C(F)(F)F)c3)C(=O)N21. The van der Waals surface area contributed by atoms with E-state index in [9.17, 15) is 27.6 Å². The number of nitrogens with zero attached hydrogens (tertiary/aromatic N) is 4. The predicted octanol–water partition coefficient (Wildman–Crippen LogP) is 3.11. The molecule has 8 nitrogen and oxygen atoms in total. The molecule has 3 aliphatic heterocycles. The normalized spacial score (nSPS) is 25.2. The molecule has 3 atom stereocenters. The van der Waals surface area contributed by atoms with Crippen LogP contribution in [0, 0.1) is 11.3 Å². The number of urea groups is 1. The number of ether oxygens (including phenoxy) is 1. The summed E-state index contributed by atoms with van der Waals surface area (Å²) in [5.41, 5.74) is -2.83. The Morgan fingerprint density at radius 3 is 2.48 bits per heavy atom. The minimum Gasteiger partial charge on any atom is -0.444 e. The fourth-order valence-corrected chi connectivity index (χ4v) is 4.43.